The molecule has 0 radical (unpaired) electrons. The molecule has 0 aliphatic carbocycles. The Labute approximate surface area is 112 Å². The lowest BCUT2D eigenvalue weighted by Crippen LogP contribution is -2.24. The molecule has 10 nitrogen and oxygen atoms in total. The summed E-state index contributed by atoms with van der Waals surface area (Å²) in [7, 11) is -4.23. The maximum Gasteiger partial charge on any atom is 0.350 e. The molecule has 0 saturated carbocycles. The molecular weight excluding hydrogens is 289 g/mol. The van der Waals surface area contributed by atoms with Crippen LogP contribution >= 0.6 is 7.60 Å². The number of aromatic amines is 1. The smallest absolute Gasteiger partial charge is 0.350 e. The molecule has 0 spiro atoms. The molecule has 1 unspecified atom stereocenters. The van der Waals surface area contributed by atoms with Gasteiger partial charge in [0.15, 0.2) is 11.2 Å². The molecule has 0 fully saturated rings. The van der Waals surface area contributed by atoms with Gasteiger partial charge in [-0.3, -0.25) is 13.9 Å². The van der Waals surface area contributed by atoms with Crippen LogP contribution in [0, 0.1) is 0 Å². The molecule has 2 aromatic heterocycles. The van der Waals surface area contributed by atoms with Gasteiger partial charge in [-0.15, -0.1) is 0 Å². The molecule has 0 aliphatic rings. The Hall–Kier alpha value is -1.74. The summed E-state index contributed by atoms with van der Waals surface area (Å²) in [5.74, 6) is -0.0405. The van der Waals surface area contributed by atoms with Gasteiger partial charge in [-0.25, -0.2) is 4.98 Å². The van der Waals surface area contributed by atoms with Gasteiger partial charge in [0.1, 0.15) is 6.35 Å². The minimum absolute atomic E-state index is 0.0405. The highest BCUT2D eigenvalue weighted by atomic mass is 31.2. The molecule has 0 saturated heterocycles. The van der Waals surface area contributed by atoms with E-state index in [-0.39, 0.29) is 18.0 Å². The summed E-state index contributed by atoms with van der Waals surface area (Å²) >= 11 is 0. The van der Waals surface area contributed by atoms with Crippen LogP contribution in [0.25, 0.3) is 11.2 Å². The van der Waals surface area contributed by atoms with Gasteiger partial charge in [0.25, 0.3) is 0 Å². The summed E-state index contributed by atoms with van der Waals surface area (Å²) in [4.78, 5) is 39.3. The first-order valence-electron chi connectivity index (χ1n) is 5.63. The Morgan fingerprint density at radius 1 is 1.60 bits per heavy atom. The number of anilines is 1. The third-order valence-electron chi connectivity index (χ3n) is 2.55. The van der Waals surface area contributed by atoms with Crippen LogP contribution in [0.5, 0.6) is 0 Å². The maximum atomic E-state index is 11.5. The normalized spacial score (nSPS) is 13.8. The van der Waals surface area contributed by atoms with E-state index in [1.165, 1.54) is 10.9 Å². The van der Waals surface area contributed by atoms with E-state index in [0.717, 1.165) is 0 Å². The van der Waals surface area contributed by atoms with E-state index in [1.807, 2.05) is 0 Å². The molecule has 2 heterocycles. The number of rotatable bonds is 5. The fraction of sp³-hybridized carbons (Fsp3) is 0.444. The Morgan fingerprint density at radius 2 is 2.30 bits per heavy atom. The summed E-state index contributed by atoms with van der Waals surface area (Å²) < 4.78 is 17.2. The van der Waals surface area contributed by atoms with Gasteiger partial charge in [-0.2, -0.15) is 4.98 Å². The van der Waals surface area contributed by atoms with E-state index in [2.05, 4.69) is 15.0 Å². The highest BCUT2D eigenvalue weighted by Gasteiger charge is 2.18. The summed E-state index contributed by atoms with van der Waals surface area (Å²) in [6.45, 7) is 1.77. The van der Waals surface area contributed by atoms with Crippen molar-refractivity contribution in [1.82, 2.24) is 19.5 Å². The molecule has 11 heteroatoms. The first kappa shape index (κ1) is 14.7. The molecule has 1 atom stereocenters. The molecule has 2 rings (SSSR count). The van der Waals surface area contributed by atoms with Crippen LogP contribution in [0.4, 0.5) is 5.95 Å². The van der Waals surface area contributed by atoms with E-state index >= 15 is 0 Å². The first-order chi connectivity index (χ1) is 9.28. The predicted molar refractivity (Wildman–Crippen MR) is 70.0 cm³/mol. The summed E-state index contributed by atoms with van der Waals surface area (Å²) in [5.41, 5.74) is 5.67. The van der Waals surface area contributed by atoms with Crippen LogP contribution in [-0.2, 0) is 15.8 Å². The Bertz CT molecular complexity index is 719. The highest BCUT2D eigenvalue weighted by Crippen LogP contribution is 2.34. The zero-order valence-electron chi connectivity index (χ0n) is 10.6. The van der Waals surface area contributed by atoms with Gasteiger partial charge in [0.2, 0.25) is 5.95 Å². The molecule has 0 bridgehead atoms. The van der Waals surface area contributed by atoms with Crippen LogP contribution in [0.15, 0.2) is 11.1 Å². The molecule has 20 heavy (non-hydrogen) atoms. The largest absolute Gasteiger partial charge is 0.369 e. The van der Waals surface area contributed by atoms with Crippen molar-refractivity contribution in [3.8, 4) is 0 Å². The fourth-order valence-corrected chi connectivity index (χ4v) is 2.14. The monoisotopic (exact) mass is 303 g/mol. The number of H-pyrrole nitrogens is 1. The second-order valence-electron chi connectivity index (χ2n) is 4.26. The summed E-state index contributed by atoms with van der Waals surface area (Å²) in [6.07, 6.45) is 0.102. The number of ether oxygens (including phenoxy) is 1. The van der Waals surface area contributed by atoms with Crippen molar-refractivity contribution in [3.05, 3.63) is 16.7 Å². The van der Waals surface area contributed by atoms with Crippen molar-refractivity contribution in [2.75, 3.05) is 12.1 Å². The van der Waals surface area contributed by atoms with E-state index < -0.39 is 25.6 Å². The van der Waals surface area contributed by atoms with Gasteiger partial charge >= 0.3 is 13.2 Å². The quantitative estimate of drug-likeness (QED) is 0.525. The lowest BCUT2D eigenvalue weighted by molar-refractivity contribution is 0.0767. The van der Waals surface area contributed by atoms with Crippen LogP contribution in [0.3, 0.4) is 0 Å². The number of nitrogens with two attached hydrogens (primary N) is 1. The number of nitrogens with one attached hydrogen (secondary N) is 1. The number of imidazole rings is 1. The zero-order chi connectivity index (χ0) is 14.9. The van der Waals surface area contributed by atoms with Crippen molar-refractivity contribution in [1.29, 1.82) is 0 Å². The van der Waals surface area contributed by atoms with Crippen LogP contribution in [0.1, 0.15) is 6.92 Å². The van der Waals surface area contributed by atoms with E-state index in [4.69, 9.17) is 20.3 Å². The highest BCUT2D eigenvalue weighted by molar-refractivity contribution is 7.51. The number of fused-ring (bicyclic) bond motifs is 1. The van der Waals surface area contributed by atoms with Gasteiger partial charge in [-0.05, 0) is 6.92 Å². The SMILES string of the molecule is CC(Cn1c(N)nc(=O)c2[nH]cnc21)OCP(=O)(O)O. The van der Waals surface area contributed by atoms with Gasteiger partial charge in [-0.1, -0.05) is 0 Å². The average Bonchev–Trinajstić information content (AvgIpc) is 2.80. The van der Waals surface area contributed by atoms with E-state index in [9.17, 15) is 9.36 Å². The number of hydrogen-bond donors (Lipinski definition) is 4. The van der Waals surface area contributed by atoms with Gasteiger partial charge in [0.05, 0.1) is 19.0 Å². The molecule has 5 N–H and O–H groups in total. The molecule has 0 amide bonds. The standard InChI is InChI=1S/C9H14N5O5P/c1-5(19-4-20(16,17)18)2-14-7-6(11-3-12-7)8(15)13-9(14)10/h3,5H,2,4H2,1H3,(H,11,12)(H2,10,13,15)(H2,16,17,18). The van der Waals surface area contributed by atoms with E-state index in [0.29, 0.717) is 5.65 Å². The minimum atomic E-state index is -4.23. The molecule has 0 aliphatic heterocycles. The third-order valence-corrected chi connectivity index (χ3v) is 3.03. The van der Waals surface area contributed by atoms with Crippen molar-refractivity contribution in [2.24, 2.45) is 0 Å². The maximum absolute atomic E-state index is 11.5. The average molecular weight is 303 g/mol. The third kappa shape index (κ3) is 3.23. The molecule has 110 valence electrons. The number of aromatic nitrogens is 4. The Kier molecular flexibility index (Phi) is 3.91. The van der Waals surface area contributed by atoms with Gasteiger partial charge in [0, 0.05) is 0 Å². The van der Waals surface area contributed by atoms with Crippen molar-refractivity contribution >= 4 is 24.7 Å². The molecule has 0 aromatic carbocycles. The van der Waals surface area contributed by atoms with Gasteiger partial charge < -0.3 is 25.2 Å². The van der Waals surface area contributed by atoms with Crippen molar-refractivity contribution in [3.63, 3.8) is 0 Å². The second kappa shape index (κ2) is 5.33. The van der Waals surface area contributed by atoms with Crippen LogP contribution in [0.2, 0.25) is 0 Å². The van der Waals surface area contributed by atoms with Crippen molar-refractivity contribution < 1.29 is 19.1 Å². The fourth-order valence-electron chi connectivity index (χ4n) is 1.69. The minimum Gasteiger partial charge on any atom is -0.369 e. The first-order valence-corrected chi connectivity index (χ1v) is 7.43. The molecule has 2 aromatic rings. The van der Waals surface area contributed by atoms with E-state index in [1.54, 1.807) is 6.92 Å². The topological polar surface area (TPSA) is 156 Å². The lowest BCUT2D eigenvalue weighted by Gasteiger charge is -2.17. The van der Waals surface area contributed by atoms with Crippen molar-refractivity contribution in [2.45, 2.75) is 19.6 Å². The summed E-state index contributed by atoms with van der Waals surface area (Å²) in [5, 5.41) is 0. The lowest BCUT2D eigenvalue weighted by atomic mass is 10.4. The Balaban J connectivity index is 2.23. The van der Waals surface area contributed by atoms with Crippen LogP contribution in [-0.4, -0.2) is 41.8 Å². The second-order valence-corrected chi connectivity index (χ2v) is 5.85. The number of nitrogens with zero attached hydrogens (tertiary/aromatic N) is 3. The predicted octanol–water partition coefficient (Wildman–Crippen LogP) is -0.758. The van der Waals surface area contributed by atoms with Crippen LogP contribution < -0.4 is 11.3 Å². The zero-order valence-corrected chi connectivity index (χ0v) is 11.4. The Morgan fingerprint density at radius 3 is 2.95 bits per heavy atom. The number of hydrogen-bond acceptors (Lipinski definition) is 6. The summed E-state index contributed by atoms with van der Waals surface area (Å²) in [6, 6.07) is 0. The number of nitrogen functional groups attached to an aromatic ring is 1. The molecular formula is C9H14N5O5P.